The smallest absolute Gasteiger partial charge is 0.382 e. The number of aliphatic carboxylic acids is 1. The molecule has 0 bridgehead atoms. The molecule has 0 aliphatic rings. The van der Waals surface area contributed by atoms with Gasteiger partial charge in [-0.25, -0.2) is 4.79 Å². The molecule has 68 valence electrons. The first-order valence-corrected chi connectivity index (χ1v) is 3.99. The van der Waals surface area contributed by atoms with E-state index in [0.717, 1.165) is 5.39 Å². The molecule has 1 heterocycles. The van der Waals surface area contributed by atoms with Crippen LogP contribution in [0.25, 0.3) is 11.0 Å². The molecule has 2 aromatic rings. The van der Waals surface area contributed by atoms with Crippen LogP contribution in [0.1, 0.15) is 5.76 Å². The summed E-state index contributed by atoms with van der Waals surface area (Å²) in [5.74, 6) is 3.62. The third-order valence-corrected chi connectivity index (χ3v) is 1.72. The third kappa shape index (κ3) is 1.59. The van der Waals surface area contributed by atoms with Gasteiger partial charge in [-0.15, -0.1) is 0 Å². The topological polar surface area (TPSA) is 50.4 Å². The van der Waals surface area contributed by atoms with Gasteiger partial charge in [0.2, 0.25) is 0 Å². The molecule has 1 aromatic heterocycles. The Balaban J connectivity index is 2.47. The number of furan rings is 1. The summed E-state index contributed by atoms with van der Waals surface area (Å²) in [6, 6.07) is 9.13. The number of rotatable bonds is 0. The van der Waals surface area contributed by atoms with Gasteiger partial charge in [0, 0.05) is 17.4 Å². The number of carboxylic acids is 1. The summed E-state index contributed by atoms with van der Waals surface area (Å²) in [4.78, 5) is 10.2. The Bertz CT molecular complexity index is 507. The normalized spacial score (nSPS) is 9.43. The number of fused-ring (bicyclic) bond motifs is 1. The van der Waals surface area contributed by atoms with Gasteiger partial charge in [0.25, 0.3) is 0 Å². The second-order valence-corrected chi connectivity index (χ2v) is 2.70. The summed E-state index contributed by atoms with van der Waals surface area (Å²) < 4.78 is 5.28. The first kappa shape index (κ1) is 8.39. The Labute approximate surface area is 80.0 Å². The zero-order valence-electron chi connectivity index (χ0n) is 7.15. The van der Waals surface area contributed by atoms with Gasteiger partial charge in [-0.3, -0.25) is 0 Å². The Morgan fingerprint density at radius 2 is 2.14 bits per heavy atom. The summed E-state index contributed by atoms with van der Waals surface area (Å²) in [5.41, 5.74) is 0.710. The van der Waals surface area contributed by atoms with Crippen LogP contribution in [0.15, 0.2) is 34.7 Å². The molecule has 3 nitrogen and oxygen atoms in total. The predicted octanol–water partition coefficient (Wildman–Crippen LogP) is 1.87. The molecule has 1 N–H and O–H groups in total. The number of benzene rings is 1. The van der Waals surface area contributed by atoms with Crippen LogP contribution in [0.3, 0.4) is 0 Å². The molecule has 0 fully saturated rings. The molecule has 0 radical (unpaired) electrons. The minimum Gasteiger partial charge on any atom is -0.472 e. The average Bonchev–Trinajstić information content (AvgIpc) is 2.57. The third-order valence-electron chi connectivity index (χ3n) is 1.72. The minimum absolute atomic E-state index is 0.369. The van der Waals surface area contributed by atoms with Crippen LogP contribution in [0.2, 0.25) is 0 Å². The van der Waals surface area contributed by atoms with Gasteiger partial charge in [0.05, 0.1) is 0 Å². The van der Waals surface area contributed by atoms with Crippen LogP contribution in [0.4, 0.5) is 0 Å². The fourth-order valence-corrected chi connectivity index (χ4v) is 1.16. The average molecular weight is 186 g/mol. The molecule has 0 atom stereocenters. The zero-order chi connectivity index (χ0) is 9.97. The van der Waals surface area contributed by atoms with Crippen molar-refractivity contribution in [2.45, 2.75) is 0 Å². The van der Waals surface area contributed by atoms with Crippen LogP contribution in [-0.2, 0) is 4.79 Å². The molecule has 0 amide bonds. The van der Waals surface area contributed by atoms with Crippen LogP contribution < -0.4 is 0 Å². The molecule has 0 unspecified atom stereocenters. The van der Waals surface area contributed by atoms with Crippen molar-refractivity contribution in [3.8, 4) is 11.8 Å². The van der Waals surface area contributed by atoms with Gasteiger partial charge in [-0.1, -0.05) is 18.2 Å². The highest BCUT2D eigenvalue weighted by Gasteiger charge is 1.99. The number of carbonyl (C=O) groups is 1. The standard InChI is InChI=1S/C11H6O3/c12-11(13)6-5-9-7-8-3-1-2-4-10(8)14-9/h1-4,7H,(H,12,13). The van der Waals surface area contributed by atoms with Gasteiger partial charge in [0.15, 0.2) is 5.76 Å². The van der Waals surface area contributed by atoms with Gasteiger partial charge in [-0.2, -0.15) is 0 Å². The SMILES string of the molecule is O=C(O)C#Cc1cc2ccccc2o1. The molecule has 2 rings (SSSR count). The lowest BCUT2D eigenvalue weighted by atomic mass is 10.2. The molecule has 14 heavy (non-hydrogen) atoms. The van der Waals surface area contributed by atoms with Crippen molar-refractivity contribution in [3.05, 3.63) is 36.1 Å². The van der Waals surface area contributed by atoms with Crippen LogP contribution in [0, 0.1) is 11.8 Å². The lowest BCUT2D eigenvalue weighted by molar-refractivity contribution is -0.130. The van der Waals surface area contributed by atoms with Gasteiger partial charge in [0.1, 0.15) is 5.58 Å². The van der Waals surface area contributed by atoms with E-state index in [0.29, 0.717) is 11.3 Å². The van der Waals surface area contributed by atoms with E-state index in [2.05, 4.69) is 5.92 Å². The second-order valence-electron chi connectivity index (χ2n) is 2.70. The molecule has 3 heteroatoms. The van der Waals surface area contributed by atoms with E-state index in [4.69, 9.17) is 9.52 Å². The van der Waals surface area contributed by atoms with Crippen molar-refractivity contribution < 1.29 is 14.3 Å². The highest BCUT2D eigenvalue weighted by Crippen LogP contribution is 2.17. The molecule has 0 saturated carbocycles. The summed E-state index contributed by atoms with van der Waals surface area (Å²) in [6.07, 6.45) is 0. The van der Waals surface area contributed by atoms with E-state index >= 15 is 0 Å². The zero-order valence-corrected chi connectivity index (χ0v) is 7.15. The fourth-order valence-electron chi connectivity index (χ4n) is 1.16. The fraction of sp³-hybridized carbons (Fsp3) is 0. The number of carboxylic acid groups (broad SMARTS) is 1. The monoisotopic (exact) mass is 186 g/mol. The Kier molecular flexibility index (Phi) is 1.96. The van der Waals surface area contributed by atoms with Crippen molar-refractivity contribution in [2.24, 2.45) is 0 Å². The van der Waals surface area contributed by atoms with Crippen LogP contribution in [-0.4, -0.2) is 11.1 Å². The Morgan fingerprint density at radius 3 is 2.86 bits per heavy atom. The summed E-state index contributed by atoms with van der Waals surface area (Å²) in [5, 5.41) is 9.25. The minimum atomic E-state index is -1.16. The molecule has 0 spiro atoms. The van der Waals surface area contributed by atoms with E-state index < -0.39 is 5.97 Å². The molecule has 0 saturated heterocycles. The van der Waals surface area contributed by atoms with Gasteiger partial charge >= 0.3 is 5.97 Å². The van der Waals surface area contributed by atoms with E-state index in [1.165, 1.54) is 0 Å². The van der Waals surface area contributed by atoms with E-state index in [1.54, 1.807) is 12.1 Å². The van der Waals surface area contributed by atoms with Crippen molar-refractivity contribution >= 4 is 16.9 Å². The van der Waals surface area contributed by atoms with Crippen molar-refractivity contribution in [1.29, 1.82) is 0 Å². The second kappa shape index (κ2) is 3.27. The first-order chi connectivity index (χ1) is 6.75. The lowest BCUT2D eigenvalue weighted by Gasteiger charge is -1.81. The van der Waals surface area contributed by atoms with Crippen LogP contribution >= 0.6 is 0 Å². The maximum atomic E-state index is 10.2. The summed E-state index contributed by atoms with van der Waals surface area (Å²) >= 11 is 0. The van der Waals surface area contributed by atoms with Crippen LogP contribution in [0.5, 0.6) is 0 Å². The van der Waals surface area contributed by atoms with Crippen molar-refractivity contribution in [3.63, 3.8) is 0 Å². The number of para-hydroxylation sites is 1. The van der Waals surface area contributed by atoms with Crippen molar-refractivity contribution in [2.75, 3.05) is 0 Å². The number of hydrogen-bond acceptors (Lipinski definition) is 2. The summed E-state index contributed by atoms with van der Waals surface area (Å²) in [7, 11) is 0. The Hall–Kier alpha value is -2.21. The predicted molar refractivity (Wildman–Crippen MR) is 50.7 cm³/mol. The highest BCUT2D eigenvalue weighted by atomic mass is 16.4. The lowest BCUT2D eigenvalue weighted by Crippen LogP contribution is -1.86. The maximum Gasteiger partial charge on any atom is 0.382 e. The largest absolute Gasteiger partial charge is 0.472 e. The van der Waals surface area contributed by atoms with E-state index in [-0.39, 0.29) is 0 Å². The van der Waals surface area contributed by atoms with Crippen molar-refractivity contribution in [1.82, 2.24) is 0 Å². The molecule has 1 aromatic carbocycles. The quantitative estimate of drug-likeness (QED) is 0.639. The molecule has 0 aliphatic heterocycles. The highest BCUT2D eigenvalue weighted by molar-refractivity contribution is 5.87. The van der Waals surface area contributed by atoms with Gasteiger partial charge < -0.3 is 9.52 Å². The molecular weight excluding hydrogens is 180 g/mol. The molecular formula is C11H6O3. The van der Waals surface area contributed by atoms with Gasteiger partial charge in [-0.05, 0) is 12.0 Å². The number of hydrogen-bond donors (Lipinski definition) is 1. The first-order valence-electron chi connectivity index (χ1n) is 3.99. The summed E-state index contributed by atoms with van der Waals surface area (Å²) in [6.45, 7) is 0. The maximum absolute atomic E-state index is 10.2. The Morgan fingerprint density at radius 1 is 1.36 bits per heavy atom. The molecule has 0 aliphatic carbocycles. The van der Waals surface area contributed by atoms with E-state index in [9.17, 15) is 4.79 Å². The van der Waals surface area contributed by atoms with E-state index in [1.807, 2.05) is 24.1 Å².